The van der Waals surface area contributed by atoms with Gasteiger partial charge in [-0.25, -0.2) is 4.39 Å². The number of Topliss-reactive ketones (excluding diaryl/α,β-unsaturated/α-hetero) is 1. The Morgan fingerprint density at radius 3 is 2.26 bits per heavy atom. The van der Waals surface area contributed by atoms with Gasteiger partial charge in [-0.3, -0.25) is 19.2 Å². The lowest BCUT2D eigenvalue weighted by atomic mass is 9.88. The number of carbonyl (C=O) groups is 4. The summed E-state index contributed by atoms with van der Waals surface area (Å²) in [6, 6.07) is 1.84. The third-order valence-electron chi connectivity index (χ3n) is 6.97. The quantitative estimate of drug-likeness (QED) is 0.276. The largest absolute Gasteiger partial charge is 0.408 e. The van der Waals surface area contributed by atoms with E-state index in [-0.39, 0.29) is 42.9 Å². The Bertz CT molecular complexity index is 1310. The number of rotatable bonds is 7. The van der Waals surface area contributed by atoms with Crippen LogP contribution in [0.2, 0.25) is 0 Å². The minimum absolute atomic E-state index is 0.0161. The molecular weight excluding hydrogens is 524 g/mol. The molecule has 1 atom stereocenters. The van der Waals surface area contributed by atoms with E-state index in [1.165, 1.54) is 43.7 Å². The highest BCUT2D eigenvalue weighted by Gasteiger charge is 2.46. The van der Waals surface area contributed by atoms with Crippen molar-refractivity contribution in [2.24, 2.45) is 7.05 Å². The van der Waals surface area contributed by atoms with Crippen LogP contribution in [0.1, 0.15) is 57.4 Å². The Morgan fingerprint density at radius 1 is 1.08 bits per heavy atom. The van der Waals surface area contributed by atoms with Gasteiger partial charge >= 0.3 is 6.18 Å². The van der Waals surface area contributed by atoms with E-state index in [0.717, 1.165) is 6.92 Å². The number of anilines is 1. The van der Waals surface area contributed by atoms with Crippen molar-refractivity contribution < 1.29 is 41.5 Å². The van der Waals surface area contributed by atoms with Gasteiger partial charge in [0, 0.05) is 44.5 Å². The molecular formula is C26H30F4N4O5. The summed E-state index contributed by atoms with van der Waals surface area (Å²) in [5, 5.41) is 6.87. The number of hydrogen-bond acceptors (Lipinski definition) is 5. The summed E-state index contributed by atoms with van der Waals surface area (Å²) in [5.41, 5.74) is -0.616. The number of ether oxygens (including phenoxy) is 1. The zero-order chi connectivity index (χ0) is 29.3. The maximum absolute atomic E-state index is 13.6. The van der Waals surface area contributed by atoms with Gasteiger partial charge in [0.15, 0.2) is 0 Å². The summed E-state index contributed by atoms with van der Waals surface area (Å²) < 4.78 is 59.3. The smallest absolute Gasteiger partial charge is 0.381 e. The predicted molar refractivity (Wildman–Crippen MR) is 133 cm³/mol. The van der Waals surface area contributed by atoms with E-state index < -0.39 is 47.1 Å². The molecule has 1 aliphatic heterocycles. The van der Waals surface area contributed by atoms with Crippen LogP contribution in [-0.2, 0) is 21.4 Å². The van der Waals surface area contributed by atoms with Gasteiger partial charge in [-0.05, 0) is 57.0 Å². The van der Waals surface area contributed by atoms with Gasteiger partial charge in [0.1, 0.15) is 17.4 Å². The standard InChI is InChI=1S/C26H30F4N4O5/c1-13-12-17(6-7-18(13)27)32-22(36)19-14(2)20(34(5)15(19)3)21(35)23(37)33-25(8-10-39-11-9-25)24(38)31-16(4)26(28,29)30/h6-7,12,16H,8-11H2,1-5H3,(H,31,38)(H,32,36)(H,33,37)/t16-/m1/s1. The number of ketones is 1. The van der Waals surface area contributed by atoms with Gasteiger partial charge in [0.05, 0.1) is 11.3 Å². The first-order valence-corrected chi connectivity index (χ1v) is 12.1. The van der Waals surface area contributed by atoms with Crippen LogP contribution >= 0.6 is 0 Å². The highest BCUT2D eigenvalue weighted by Crippen LogP contribution is 2.27. The van der Waals surface area contributed by atoms with Gasteiger partial charge in [-0.1, -0.05) is 0 Å². The van der Waals surface area contributed by atoms with Gasteiger partial charge in [-0.2, -0.15) is 13.2 Å². The molecule has 1 aromatic carbocycles. The monoisotopic (exact) mass is 554 g/mol. The topological polar surface area (TPSA) is 119 Å². The minimum Gasteiger partial charge on any atom is -0.381 e. The molecule has 3 N–H and O–H groups in total. The van der Waals surface area contributed by atoms with Crippen LogP contribution in [0.25, 0.3) is 0 Å². The molecule has 1 aliphatic rings. The van der Waals surface area contributed by atoms with Crippen molar-refractivity contribution in [1.82, 2.24) is 15.2 Å². The van der Waals surface area contributed by atoms with Crippen LogP contribution in [0.4, 0.5) is 23.2 Å². The molecule has 2 aromatic rings. The van der Waals surface area contributed by atoms with E-state index in [1.807, 2.05) is 5.32 Å². The van der Waals surface area contributed by atoms with Crippen molar-refractivity contribution in [1.29, 1.82) is 0 Å². The Hall–Kier alpha value is -3.74. The molecule has 0 saturated carbocycles. The molecule has 0 spiro atoms. The number of aryl methyl sites for hydroxylation is 1. The zero-order valence-corrected chi connectivity index (χ0v) is 22.1. The molecule has 13 heteroatoms. The average molecular weight is 555 g/mol. The third kappa shape index (κ3) is 6.13. The molecule has 1 fully saturated rings. The van der Waals surface area contributed by atoms with Gasteiger partial charge in [-0.15, -0.1) is 0 Å². The lowest BCUT2D eigenvalue weighted by Gasteiger charge is -2.37. The Morgan fingerprint density at radius 2 is 1.69 bits per heavy atom. The molecule has 0 radical (unpaired) electrons. The van der Waals surface area contributed by atoms with Crippen molar-refractivity contribution in [3.8, 4) is 0 Å². The van der Waals surface area contributed by atoms with E-state index in [1.54, 1.807) is 6.92 Å². The minimum atomic E-state index is -4.71. The van der Waals surface area contributed by atoms with E-state index in [4.69, 9.17) is 4.74 Å². The van der Waals surface area contributed by atoms with Gasteiger partial charge in [0.2, 0.25) is 5.91 Å². The average Bonchev–Trinajstić information content (AvgIpc) is 3.08. The summed E-state index contributed by atoms with van der Waals surface area (Å²) in [7, 11) is 1.48. The number of amides is 3. The summed E-state index contributed by atoms with van der Waals surface area (Å²) in [6.45, 7) is 5.32. The summed E-state index contributed by atoms with van der Waals surface area (Å²) in [4.78, 5) is 52.4. The van der Waals surface area contributed by atoms with Crippen molar-refractivity contribution in [2.45, 2.75) is 58.3 Å². The molecule has 0 unspecified atom stereocenters. The van der Waals surface area contributed by atoms with Crippen molar-refractivity contribution >= 4 is 29.2 Å². The van der Waals surface area contributed by atoms with E-state index in [9.17, 15) is 36.7 Å². The molecule has 9 nitrogen and oxygen atoms in total. The Kier molecular flexibility index (Phi) is 8.53. The predicted octanol–water partition coefficient (Wildman–Crippen LogP) is 3.26. The third-order valence-corrected chi connectivity index (χ3v) is 6.97. The van der Waals surface area contributed by atoms with Crippen LogP contribution in [0.3, 0.4) is 0 Å². The molecule has 212 valence electrons. The lowest BCUT2D eigenvalue weighted by Crippen LogP contribution is -2.64. The van der Waals surface area contributed by atoms with Crippen molar-refractivity contribution in [2.75, 3.05) is 18.5 Å². The molecule has 1 aromatic heterocycles. The number of benzene rings is 1. The normalized spacial score (nSPS) is 15.8. The fraction of sp³-hybridized carbons (Fsp3) is 0.462. The molecule has 3 rings (SSSR count). The lowest BCUT2D eigenvalue weighted by molar-refractivity contribution is -0.162. The first-order valence-electron chi connectivity index (χ1n) is 12.1. The summed E-state index contributed by atoms with van der Waals surface area (Å²) in [6.07, 6.45) is -4.99. The van der Waals surface area contributed by atoms with Crippen LogP contribution in [0.15, 0.2) is 18.2 Å². The number of nitrogens with zero attached hydrogens (tertiary/aromatic N) is 1. The maximum atomic E-state index is 13.6. The summed E-state index contributed by atoms with van der Waals surface area (Å²) in [5.74, 6) is -4.39. The molecule has 3 amide bonds. The van der Waals surface area contributed by atoms with Crippen LogP contribution in [0, 0.1) is 26.6 Å². The second kappa shape index (κ2) is 11.2. The second-order valence-corrected chi connectivity index (χ2v) is 9.63. The van der Waals surface area contributed by atoms with Crippen LogP contribution < -0.4 is 16.0 Å². The SMILES string of the molecule is Cc1cc(NC(=O)c2c(C)c(C(=O)C(=O)NC3(C(=O)N[C@H](C)C(F)(F)F)CCOCC3)n(C)c2C)ccc1F. The van der Waals surface area contributed by atoms with Crippen LogP contribution in [-0.4, -0.2) is 59.0 Å². The highest BCUT2D eigenvalue weighted by atomic mass is 19.4. The maximum Gasteiger partial charge on any atom is 0.408 e. The second-order valence-electron chi connectivity index (χ2n) is 9.63. The fourth-order valence-corrected chi connectivity index (χ4v) is 4.48. The molecule has 39 heavy (non-hydrogen) atoms. The molecule has 0 aliphatic carbocycles. The number of alkyl halides is 3. The molecule has 0 bridgehead atoms. The number of hydrogen-bond donors (Lipinski definition) is 3. The van der Waals surface area contributed by atoms with E-state index >= 15 is 0 Å². The first kappa shape index (κ1) is 29.8. The Labute approximate surface area is 222 Å². The molecule has 1 saturated heterocycles. The summed E-state index contributed by atoms with van der Waals surface area (Å²) >= 11 is 0. The number of carbonyl (C=O) groups excluding carboxylic acids is 4. The highest BCUT2D eigenvalue weighted by molar-refractivity contribution is 6.43. The number of nitrogens with one attached hydrogen (secondary N) is 3. The number of aromatic nitrogens is 1. The first-order chi connectivity index (χ1) is 18.1. The zero-order valence-electron chi connectivity index (χ0n) is 22.1. The van der Waals surface area contributed by atoms with E-state index in [0.29, 0.717) is 16.9 Å². The van der Waals surface area contributed by atoms with Crippen molar-refractivity contribution in [3.63, 3.8) is 0 Å². The van der Waals surface area contributed by atoms with Gasteiger partial charge in [0.25, 0.3) is 17.6 Å². The fourth-order valence-electron chi connectivity index (χ4n) is 4.48. The van der Waals surface area contributed by atoms with Crippen LogP contribution in [0.5, 0.6) is 0 Å². The number of halogens is 4. The van der Waals surface area contributed by atoms with Gasteiger partial charge < -0.3 is 25.3 Å². The van der Waals surface area contributed by atoms with E-state index in [2.05, 4.69) is 10.6 Å². The van der Waals surface area contributed by atoms with Crippen molar-refractivity contribution in [3.05, 3.63) is 52.1 Å². The molecule has 2 heterocycles. The Balaban J connectivity index is 1.87.